The summed E-state index contributed by atoms with van der Waals surface area (Å²) in [5.41, 5.74) is 5.40. The van der Waals surface area contributed by atoms with Gasteiger partial charge in [0.15, 0.2) is 0 Å². The average molecular weight is 292 g/mol. The van der Waals surface area contributed by atoms with Crippen LogP contribution in [0.2, 0.25) is 0 Å². The van der Waals surface area contributed by atoms with Gasteiger partial charge in [0, 0.05) is 13.1 Å². The lowest BCUT2D eigenvalue weighted by atomic mass is 9.81. The Morgan fingerprint density at radius 3 is 2.26 bits per heavy atom. The molecule has 0 radical (unpaired) electrons. The third-order valence-corrected chi connectivity index (χ3v) is 3.35. The van der Waals surface area contributed by atoms with Crippen LogP contribution >= 0.6 is 12.4 Å². The molecule has 1 aliphatic carbocycles. The summed E-state index contributed by atoms with van der Waals surface area (Å²) in [5.74, 6) is -0.249. The first kappa shape index (κ1) is 18.2. The van der Waals surface area contributed by atoms with Crippen molar-refractivity contribution in [2.75, 3.05) is 13.6 Å². The van der Waals surface area contributed by atoms with E-state index in [-0.39, 0.29) is 36.8 Å². The van der Waals surface area contributed by atoms with Gasteiger partial charge in [0.1, 0.15) is 0 Å². The van der Waals surface area contributed by atoms with Gasteiger partial charge in [-0.15, -0.1) is 12.4 Å². The zero-order valence-corrected chi connectivity index (χ0v) is 12.9. The van der Waals surface area contributed by atoms with Crippen molar-refractivity contribution in [3.63, 3.8) is 0 Å². The number of hydrogen-bond donors (Lipinski definition) is 2. The lowest BCUT2D eigenvalue weighted by molar-refractivity contribution is -0.140. The van der Waals surface area contributed by atoms with E-state index in [4.69, 9.17) is 5.73 Å². The predicted molar refractivity (Wildman–Crippen MR) is 78.2 cm³/mol. The molecule has 1 saturated carbocycles. The van der Waals surface area contributed by atoms with Crippen molar-refractivity contribution in [1.29, 1.82) is 0 Å². The Hall–Kier alpha value is -0.810. The minimum atomic E-state index is -0.759. The number of carbonyl (C=O) groups is 2. The maximum Gasteiger partial charge on any atom is 0.242 e. The number of amides is 2. The number of likely N-dealkylation sites (N-methyl/N-ethyl adjacent to an activating group) is 1. The highest BCUT2D eigenvalue weighted by atomic mass is 35.5. The number of rotatable bonds is 4. The largest absolute Gasteiger partial charge is 0.352 e. The van der Waals surface area contributed by atoms with Gasteiger partial charge in [-0.25, -0.2) is 0 Å². The maximum atomic E-state index is 12.3. The first-order valence-electron chi connectivity index (χ1n) is 6.69. The Morgan fingerprint density at radius 1 is 1.26 bits per heavy atom. The normalized spacial score (nSPS) is 17.5. The number of nitrogens with one attached hydrogen (secondary N) is 1. The fourth-order valence-electron chi connectivity index (χ4n) is 2.43. The molecule has 0 saturated heterocycles. The molecule has 112 valence electrons. The lowest BCUT2D eigenvalue weighted by Gasteiger charge is -2.35. The van der Waals surface area contributed by atoms with Gasteiger partial charge < -0.3 is 16.0 Å². The smallest absolute Gasteiger partial charge is 0.242 e. The van der Waals surface area contributed by atoms with Crippen LogP contribution in [0.5, 0.6) is 0 Å². The number of hydrogen-bond acceptors (Lipinski definition) is 3. The maximum absolute atomic E-state index is 12.3. The van der Waals surface area contributed by atoms with E-state index in [0.29, 0.717) is 0 Å². The van der Waals surface area contributed by atoms with Gasteiger partial charge in [0.2, 0.25) is 11.8 Å². The van der Waals surface area contributed by atoms with E-state index in [0.717, 1.165) is 32.1 Å². The first-order valence-corrected chi connectivity index (χ1v) is 6.69. The average Bonchev–Trinajstić information content (AvgIpc) is 2.27. The van der Waals surface area contributed by atoms with Crippen LogP contribution in [0.3, 0.4) is 0 Å². The molecule has 19 heavy (non-hydrogen) atoms. The SMILES string of the molecule is CC(C)NC(=O)CN(C)C(=O)C1(N)CCCCC1.Cl. The molecule has 0 heterocycles. The molecule has 0 aromatic carbocycles. The summed E-state index contributed by atoms with van der Waals surface area (Å²) >= 11 is 0. The third-order valence-electron chi connectivity index (χ3n) is 3.35. The van der Waals surface area contributed by atoms with Crippen molar-refractivity contribution >= 4 is 24.2 Å². The summed E-state index contributed by atoms with van der Waals surface area (Å²) in [6.45, 7) is 3.87. The molecule has 0 spiro atoms. The van der Waals surface area contributed by atoms with E-state index in [1.807, 2.05) is 13.8 Å². The molecule has 3 N–H and O–H groups in total. The second-order valence-electron chi connectivity index (χ2n) is 5.60. The minimum absolute atomic E-state index is 0. The molecule has 2 amide bonds. The van der Waals surface area contributed by atoms with Crippen LogP contribution in [0.25, 0.3) is 0 Å². The van der Waals surface area contributed by atoms with Crippen LogP contribution in [0.4, 0.5) is 0 Å². The predicted octanol–water partition coefficient (Wildman–Crippen LogP) is 1.05. The Morgan fingerprint density at radius 2 is 1.79 bits per heavy atom. The zero-order chi connectivity index (χ0) is 13.8. The van der Waals surface area contributed by atoms with Crippen molar-refractivity contribution in [2.24, 2.45) is 5.73 Å². The second-order valence-corrected chi connectivity index (χ2v) is 5.60. The van der Waals surface area contributed by atoms with Crippen molar-refractivity contribution in [3.8, 4) is 0 Å². The standard InChI is InChI=1S/C13H25N3O2.ClH/c1-10(2)15-11(17)9-16(3)12(18)13(14)7-5-4-6-8-13;/h10H,4-9,14H2,1-3H3,(H,15,17);1H. The van der Waals surface area contributed by atoms with Crippen LogP contribution in [-0.4, -0.2) is 41.9 Å². The van der Waals surface area contributed by atoms with Crippen LogP contribution in [0, 0.1) is 0 Å². The number of carbonyl (C=O) groups excluding carboxylic acids is 2. The first-order chi connectivity index (χ1) is 8.35. The molecule has 0 unspecified atom stereocenters. The molecule has 1 rings (SSSR count). The van der Waals surface area contributed by atoms with E-state index in [9.17, 15) is 9.59 Å². The summed E-state index contributed by atoms with van der Waals surface area (Å²) in [6.07, 6.45) is 4.58. The van der Waals surface area contributed by atoms with Crippen molar-refractivity contribution in [1.82, 2.24) is 10.2 Å². The highest BCUT2D eigenvalue weighted by Crippen LogP contribution is 2.27. The fraction of sp³-hybridized carbons (Fsp3) is 0.846. The number of halogens is 1. The summed E-state index contributed by atoms with van der Waals surface area (Å²) < 4.78 is 0. The Balaban J connectivity index is 0.00000324. The van der Waals surface area contributed by atoms with Crippen molar-refractivity contribution in [3.05, 3.63) is 0 Å². The summed E-state index contributed by atoms with van der Waals surface area (Å²) in [5, 5.41) is 2.77. The molecular weight excluding hydrogens is 266 g/mol. The van der Waals surface area contributed by atoms with Crippen LogP contribution < -0.4 is 11.1 Å². The van der Waals surface area contributed by atoms with Crippen LogP contribution in [0.1, 0.15) is 46.0 Å². The van der Waals surface area contributed by atoms with Gasteiger partial charge in [0.05, 0.1) is 12.1 Å². The molecule has 0 aromatic heterocycles. The fourth-order valence-corrected chi connectivity index (χ4v) is 2.43. The molecule has 0 aliphatic heterocycles. The minimum Gasteiger partial charge on any atom is -0.352 e. The quantitative estimate of drug-likeness (QED) is 0.813. The van der Waals surface area contributed by atoms with Gasteiger partial charge in [-0.05, 0) is 26.7 Å². The highest BCUT2D eigenvalue weighted by Gasteiger charge is 2.37. The Labute approximate surface area is 121 Å². The van der Waals surface area contributed by atoms with E-state index < -0.39 is 5.54 Å². The summed E-state index contributed by atoms with van der Waals surface area (Å²) in [7, 11) is 1.64. The highest BCUT2D eigenvalue weighted by molar-refractivity contribution is 5.90. The molecule has 0 bridgehead atoms. The molecular formula is C13H26ClN3O2. The van der Waals surface area contributed by atoms with Gasteiger partial charge in [0.25, 0.3) is 0 Å². The Kier molecular flexibility index (Phi) is 7.37. The van der Waals surface area contributed by atoms with Gasteiger partial charge in [-0.3, -0.25) is 9.59 Å². The van der Waals surface area contributed by atoms with Gasteiger partial charge >= 0.3 is 0 Å². The van der Waals surface area contributed by atoms with E-state index in [2.05, 4.69) is 5.32 Å². The van der Waals surface area contributed by atoms with E-state index in [1.54, 1.807) is 7.05 Å². The molecule has 1 aliphatic rings. The molecule has 0 aromatic rings. The monoisotopic (exact) mass is 291 g/mol. The summed E-state index contributed by atoms with van der Waals surface area (Å²) in [6, 6.07) is 0.0857. The van der Waals surface area contributed by atoms with Crippen LogP contribution in [-0.2, 0) is 9.59 Å². The van der Waals surface area contributed by atoms with Crippen molar-refractivity contribution in [2.45, 2.75) is 57.5 Å². The van der Waals surface area contributed by atoms with Gasteiger partial charge in [-0.2, -0.15) is 0 Å². The lowest BCUT2D eigenvalue weighted by Crippen LogP contribution is -2.56. The molecule has 1 fully saturated rings. The van der Waals surface area contributed by atoms with E-state index >= 15 is 0 Å². The third kappa shape index (κ3) is 5.37. The van der Waals surface area contributed by atoms with E-state index in [1.165, 1.54) is 4.90 Å². The van der Waals surface area contributed by atoms with Crippen molar-refractivity contribution < 1.29 is 9.59 Å². The summed E-state index contributed by atoms with van der Waals surface area (Å²) in [4.78, 5) is 25.3. The second kappa shape index (κ2) is 7.70. The Bertz CT molecular complexity index is 315. The zero-order valence-electron chi connectivity index (χ0n) is 12.1. The molecule has 0 atom stereocenters. The molecule has 5 nitrogen and oxygen atoms in total. The number of nitrogens with zero attached hydrogens (tertiary/aromatic N) is 1. The molecule has 6 heteroatoms. The number of nitrogens with two attached hydrogens (primary N) is 1. The van der Waals surface area contributed by atoms with Gasteiger partial charge in [-0.1, -0.05) is 19.3 Å². The van der Waals surface area contributed by atoms with Crippen LogP contribution in [0.15, 0.2) is 0 Å². The topological polar surface area (TPSA) is 75.4 Å².